The van der Waals surface area contributed by atoms with Crippen molar-refractivity contribution in [3.63, 3.8) is 0 Å². The lowest BCUT2D eigenvalue weighted by Gasteiger charge is -2.08. The summed E-state index contributed by atoms with van der Waals surface area (Å²) in [6, 6.07) is 9.06. The number of benzene rings is 1. The molecule has 0 spiro atoms. The lowest BCUT2D eigenvalue weighted by molar-refractivity contribution is 0.0605. The molecule has 2 aromatic heterocycles. The van der Waals surface area contributed by atoms with Gasteiger partial charge in [-0.15, -0.1) is 11.3 Å². The number of halogens is 1. The monoisotopic (exact) mass is 358 g/mol. The summed E-state index contributed by atoms with van der Waals surface area (Å²) in [5.41, 5.74) is 1.93. The Morgan fingerprint density at radius 1 is 1.42 bits per heavy atom. The fourth-order valence-electron chi connectivity index (χ4n) is 2.29. The molecule has 0 atom stereocenters. The zero-order valence-corrected chi connectivity index (χ0v) is 14.3. The van der Waals surface area contributed by atoms with E-state index in [4.69, 9.17) is 21.6 Å². The normalized spacial score (nSPS) is 10.4. The van der Waals surface area contributed by atoms with Crippen molar-refractivity contribution < 1.29 is 9.53 Å². The van der Waals surface area contributed by atoms with Crippen molar-refractivity contribution in [1.29, 1.82) is 5.26 Å². The average Bonchev–Trinajstić information content (AvgIpc) is 2.91. The molecular formula is C16H11ClN4O2S. The number of carbonyl (C=O) groups is 1. The Hall–Kier alpha value is -2.69. The van der Waals surface area contributed by atoms with Crippen LogP contribution in [0.4, 0.5) is 11.5 Å². The molecule has 6 nitrogen and oxygen atoms in total. The van der Waals surface area contributed by atoms with Gasteiger partial charge >= 0.3 is 5.97 Å². The fraction of sp³-hybridized carbons (Fsp3) is 0.125. The predicted octanol–water partition coefficient (Wildman–Crippen LogP) is 4.06. The molecule has 1 N–H and O–H groups in total. The van der Waals surface area contributed by atoms with Crippen LogP contribution in [0.1, 0.15) is 20.8 Å². The quantitative estimate of drug-likeness (QED) is 0.561. The summed E-state index contributed by atoms with van der Waals surface area (Å²) in [6.45, 7) is 1.80. The maximum Gasteiger partial charge on any atom is 0.348 e. The summed E-state index contributed by atoms with van der Waals surface area (Å²) in [5, 5.41) is 12.9. The maximum absolute atomic E-state index is 11.9. The van der Waals surface area contributed by atoms with Gasteiger partial charge < -0.3 is 10.1 Å². The van der Waals surface area contributed by atoms with E-state index in [0.717, 1.165) is 5.56 Å². The summed E-state index contributed by atoms with van der Waals surface area (Å²) in [5.74, 6) is 0.0491. The van der Waals surface area contributed by atoms with Crippen LogP contribution in [-0.4, -0.2) is 23.0 Å². The number of hydrogen-bond donors (Lipinski definition) is 1. The molecular weight excluding hydrogens is 348 g/mol. The second kappa shape index (κ2) is 6.43. The molecule has 0 aliphatic heterocycles. The maximum atomic E-state index is 11.9. The van der Waals surface area contributed by atoms with Gasteiger partial charge in [-0.25, -0.2) is 9.78 Å². The molecule has 3 aromatic rings. The number of aromatic nitrogens is 2. The van der Waals surface area contributed by atoms with Gasteiger partial charge in [0.1, 0.15) is 15.5 Å². The molecule has 0 amide bonds. The molecule has 0 fully saturated rings. The topological polar surface area (TPSA) is 87.9 Å². The molecule has 8 heteroatoms. The highest BCUT2D eigenvalue weighted by Gasteiger charge is 2.21. The number of nitriles is 1. The largest absolute Gasteiger partial charge is 0.465 e. The zero-order valence-electron chi connectivity index (χ0n) is 12.8. The van der Waals surface area contributed by atoms with E-state index in [1.54, 1.807) is 25.1 Å². The van der Waals surface area contributed by atoms with Crippen LogP contribution in [0.3, 0.4) is 0 Å². The Morgan fingerprint density at radius 2 is 2.21 bits per heavy atom. The minimum absolute atomic E-state index is 0.0686. The van der Waals surface area contributed by atoms with Crippen LogP contribution in [0.15, 0.2) is 24.3 Å². The van der Waals surface area contributed by atoms with Crippen LogP contribution in [0.25, 0.3) is 10.2 Å². The number of rotatable bonds is 3. The van der Waals surface area contributed by atoms with Crippen LogP contribution >= 0.6 is 22.9 Å². The van der Waals surface area contributed by atoms with Gasteiger partial charge in [-0.2, -0.15) is 10.2 Å². The van der Waals surface area contributed by atoms with Crippen LogP contribution in [0, 0.1) is 18.3 Å². The van der Waals surface area contributed by atoms with Gasteiger partial charge in [-0.1, -0.05) is 6.07 Å². The lowest BCUT2D eigenvalue weighted by Crippen LogP contribution is -2.00. The Bertz CT molecular complexity index is 994. The summed E-state index contributed by atoms with van der Waals surface area (Å²) in [4.78, 5) is 21.3. The number of nitrogens with zero attached hydrogens (tertiary/aromatic N) is 3. The Morgan fingerprint density at radius 3 is 2.92 bits per heavy atom. The number of methoxy groups -OCH3 is 1. The number of hydrogen-bond acceptors (Lipinski definition) is 7. The molecule has 1 aromatic carbocycles. The van der Waals surface area contributed by atoms with Crippen LogP contribution in [0.5, 0.6) is 0 Å². The molecule has 2 heterocycles. The van der Waals surface area contributed by atoms with Crippen LogP contribution in [-0.2, 0) is 4.74 Å². The van der Waals surface area contributed by atoms with Gasteiger partial charge in [-0.05, 0) is 42.3 Å². The summed E-state index contributed by atoms with van der Waals surface area (Å²) in [7, 11) is 1.33. The second-order valence-corrected chi connectivity index (χ2v) is 6.22. The zero-order chi connectivity index (χ0) is 17.3. The van der Waals surface area contributed by atoms with Gasteiger partial charge in [0.25, 0.3) is 0 Å². The highest BCUT2D eigenvalue weighted by atomic mass is 35.5. The van der Waals surface area contributed by atoms with E-state index in [9.17, 15) is 4.79 Å². The van der Waals surface area contributed by atoms with Crippen molar-refractivity contribution in [1.82, 2.24) is 9.97 Å². The van der Waals surface area contributed by atoms with E-state index < -0.39 is 5.97 Å². The van der Waals surface area contributed by atoms with Gasteiger partial charge in [-0.3, -0.25) is 0 Å². The smallest absolute Gasteiger partial charge is 0.348 e. The van der Waals surface area contributed by atoms with Crippen molar-refractivity contribution in [3.05, 3.63) is 45.6 Å². The third-order valence-electron chi connectivity index (χ3n) is 3.39. The van der Waals surface area contributed by atoms with E-state index in [1.807, 2.05) is 6.07 Å². The highest BCUT2D eigenvalue weighted by molar-refractivity contribution is 7.20. The molecule has 0 aliphatic rings. The number of ether oxygens (including phenoxy) is 1. The standard InChI is InChI=1S/C16H11ClN4O2S/c1-8-11-13(19-10-5-3-4-9(6-10)7-18)20-16(17)21-14(11)24-12(8)15(22)23-2/h3-6H,1-2H3,(H,19,20,21). The Labute approximate surface area is 146 Å². The summed E-state index contributed by atoms with van der Waals surface area (Å²) < 4.78 is 4.80. The molecule has 0 saturated carbocycles. The minimum Gasteiger partial charge on any atom is -0.465 e. The van der Waals surface area contributed by atoms with E-state index >= 15 is 0 Å². The van der Waals surface area contributed by atoms with E-state index in [0.29, 0.717) is 32.2 Å². The second-order valence-electron chi connectivity index (χ2n) is 4.89. The number of carbonyl (C=O) groups excluding carboxylic acids is 1. The molecule has 0 unspecified atom stereocenters. The highest BCUT2D eigenvalue weighted by Crippen LogP contribution is 2.36. The Balaban J connectivity index is 2.15. The van der Waals surface area contributed by atoms with E-state index in [2.05, 4.69) is 21.4 Å². The average molecular weight is 359 g/mol. The number of anilines is 2. The first kappa shape index (κ1) is 16.2. The van der Waals surface area contributed by atoms with Crippen molar-refractivity contribution in [2.45, 2.75) is 6.92 Å². The van der Waals surface area contributed by atoms with Crippen molar-refractivity contribution in [2.24, 2.45) is 0 Å². The first-order valence-electron chi connectivity index (χ1n) is 6.85. The number of thiophene rings is 1. The molecule has 3 rings (SSSR count). The predicted molar refractivity (Wildman–Crippen MR) is 92.9 cm³/mol. The lowest BCUT2D eigenvalue weighted by atomic mass is 10.2. The number of nitrogens with one attached hydrogen (secondary N) is 1. The van der Waals surface area contributed by atoms with Crippen molar-refractivity contribution in [3.8, 4) is 6.07 Å². The van der Waals surface area contributed by atoms with Gasteiger partial charge in [0.05, 0.1) is 24.1 Å². The Kier molecular flexibility index (Phi) is 4.34. The molecule has 24 heavy (non-hydrogen) atoms. The SMILES string of the molecule is COC(=O)c1sc2nc(Cl)nc(Nc3cccc(C#N)c3)c2c1C. The summed E-state index contributed by atoms with van der Waals surface area (Å²) >= 11 is 7.20. The number of esters is 1. The van der Waals surface area contributed by atoms with Crippen LogP contribution < -0.4 is 5.32 Å². The van der Waals surface area contributed by atoms with Gasteiger partial charge in [0, 0.05) is 5.69 Å². The van der Waals surface area contributed by atoms with Gasteiger partial charge in [0.15, 0.2) is 0 Å². The molecule has 0 aliphatic carbocycles. The van der Waals surface area contributed by atoms with E-state index in [1.165, 1.54) is 18.4 Å². The first-order valence-corrected chi connectivity index (χ1v) is 8.05. The minimum atomic E-state index is -0.427. The van der Waals surface area contributed by atoms with Crippen LogP contribution in [0.2, 0.25) is 5.28 Å². The molecule has 120 valence electrons. The van der Waals surface area contributed by atoms with Crippen molar-refractivity contribution in [2.75, 3.05) is 12.4 Å². The van der Waals surface area contributed by atoms with Gasteiger partial charge in [0.2, 0.25) is 5.28 Å². The third kappa shape index (κ3) is 2.89. The molecule has 0 saturated heterocycles. The van der Waals surface area contributed by atoms with Crippen molar-refractivity contribution >= 4 is 50.6 Å². The first-order chi connectivity index (χ1) is 11.5. The number of aryl methyl sites for hydroxylation is 1. The molecule has 0 radical (unpaired) electrons. The fourth-order valence-corrected chi connectivity index (χ4v) is 3.61. The summed E-state index contributed by atoms with van der Waals surface area (Å²) in [6.07, 6.45) is 0. The third-order valence-corrected chi connectivity index (χ3v) is 4.72. The molecule has 0 bridgehead atoms. The number of fused-ring (bicyclic) bond motifs is 1. The van der Waals surface area contributed by atoms with E-state index in [-0.39, 0.29) is 5.28 Å².